The molecule has 0 saturated heterocycles. The van der Waals surface area contributed by atoms with Crippen molar-refractivity contribution in [2.75, 3.05) is 7.04 Å². The Bertz CT molecular complexity index is 515. The van der Waals surface area contributed by atoms with Crippen LogP contribution in [-0.2, 0) is 6.37 Å². The van der Waals surface area contributed by atoms with Crippen LogP contribution in [0.4, 0.5) is 0 Å². The standard InChI is InChI=1S/C8H12BNO3/c1-3-6-4-7(9(11)12)5-10-8(6)13-2/h4-5,11-12H,3H2,1-2H3/i1D3,2D3,3D2. The molecule has 0 amide bonds. The van der Waals surface area contributed by atoms with Gasteiger partial charge in [0.25, 0.3) is 0 Å². The molecular weight excluding hydrogens is 169 g/mol. The van der Waals surface area contributed by atoms with E-state index >= 15 is 0 Å². The molecule has 0 aliphatic rings. The summed E-state index contributed by atoms with van der Waals surface area (Å²) in [6.07, 6.45) is -2.14. The van der Waals surface area contributed by atoms with Crippen molar-refractivity contribution in [3.63, 3.8) is 0 Å². The third kappa shape index (κ3) is 2.20. The number of hydrogen-bond donors (Lipinski definition) is 2. The van der Waals surface area contributed by atoms with Crippen molar-refractivity contribution in [3.8, 4) is 5.88 Å². The Morgan fingerprint density at radius 1 is 1.77 bits per heavy atom. The molecule has 0 aromatic carbocycles. The van der Waals surface area contributed by atoms with Crippen molar-refractivity contribution in [1.29, 1.82) is 0 Å². The molecule has 0 saturated carbocycles. The van der Waals surface area contributed by atoms with Gasteiger partial charge in [-0.3, -0.25) is 0 Å². The number of rotatable bonds is 3. The van der Waals surface area contributed by atoms with Crippen LogP contribution in [0.15, 0.2) is 12.3 Å². The zero-order valence-electron chi connectivity index (χ0n) is 14.5. The molecule has 0 radical (unpaired) electrons. The Balaban J connectivity index is 3.47. The van der Waals surface area contributed by atoms with Crippen LogP contribution in [0.25, 0.3) is 0 Å². The Morgan fingerprint density at radius 2 is 2.62 bits per heavy atom. The number of pyridine rings is 1. The maximum atomic E-state index is 9.04. The minimum Gasteiger partial charge on any atom is -0.481 e. The predicted octanol–water partition coefficient (Wildman–Crippen LogP) is -0.668. The lowest BCUT2D eigenvalue weighted by atomic mass is 9.81. The summed E-state index contributed by atoms with van der Waals surface area (Å²) in [7, 11) is -4.99. The fraction of sp³-hybridized carbons (Fsp3) is 0.375. The first-order chi connectivity index (χ1) is 9.25. The largest absolute Gasteiger partial charge is 0.490 e. The second-order valence-corrected chi connectivity index (χ2v) is 2.22. The van der Waals surface area contributed by atoms with Gasteiger partial charge in [-0.2, -0.15) is 0 Å². The number of aryl methyl sites for hydroxylation is 1. The van der Waals surface area contributed by atoms with Crippen LogP contribution in [-0.4, -0.2) is 29.2 Å². The van der Waals surface area contributed by atoms with Gasteiger partial charge in [-0.1, -0.05) is 12.9 Å². The summed E-state index contributed by atoms with van der Waals surface area (Å²) in [5.41, 5.74) is -1.000. The van der Waals surface area contributed by atoms with E-state index in [2.05, 4.69) is 9.72 Å². The van der Waals surface area contributed by atoms with Gasteiger partial charge in [0.15, 0.2) is 0 Å². The van der Waals surface area contributed by atoms with Gasteiger partial charge in [0.1, 0.15) is 0 Å². The lowest BCUT2D eigenvalue weighted by molar-refractivity contribution is 0.392. The van der Waals surface area contributed by atoms with E-state index in [1.54, 1.807) is 0 Å². The van der Waals surface area contributed by atoms with Crippen LogP contribution in [0.3, 0.4) is 0 Å². The first-order valence-corrected chi connectivity index (χ1v) is 3.31. The summed E-state index contributed by atoms with van der Waals surface area (Å²) in [4.78, 5) is 3.47. The minimum atomic E-state index is -3.14. The summed E-state index contributed by atoms with van der Waals surface area (Å²) in [6.45, 7) is -3.14. The highest BCUT2D eigenvalue weighted by molar-refractivity contribution is 6.58. The SMILES string of the molecule is [2H]C([2H])([2H])Oc1ncc(B(O)O)cc1C([2H])([2H])C([2H])([2H])[2H]. The molecule has 0 bridgehead atoms. The molecular formula is C8H12BNO3. The number of hydrogen-bond acceptors (Lipinski definition) is 4. The summed E-state index contributed by atoms with van der Waals surface area (Å²) in [5, 5.41) is 18.1. The Kier molecular flexibility index (Phi) is 1.17. The zero-order valence-corrected chi connectivity index (χ0v) is 6.48. The molecule has 1 rings (SSSR count). The summed E-state index contributed by atoms with van der Waals surface area (Å²) in [6, 6.07) is 0.797. The molecule has 0 atom stereocenters. The second kappa shape index (κ2) is 4.25. The van der Waals surface area contributed by atoms with Crippen LogP contribution in [0, 0.1) is 0 Å². The fourth-order valence-corrected chi connectivity index (χ4v) is 0.780. The molecule has 4 nitrogen and oxygen atoms in total. The monoisotopic (exact) mass is 189 g/mol. The van der Waals surface area contributed by atoms with Crippen LogP contribution >= 0.6 is 0 Å². The van der Waals surface area contributed by atoms with Gasteiger partial charge in [0, 0.05) is 24.1 Å². The summed E-state index contributed by atoms with van der Waals surface area (Å²) in [5.74, 6) is -0.750. The van der Waals surface area contributed by atoms with E-state index in [-0.39, 0.29) is 5.46 Å². The van der Waals surface area contributed by atoms with Gasteiger partial charge in [0.05, 0.1) is 11.2 Å². The third-order valence-electron chi connectivity index (χ3n) is 1.40. The van der Waals surface area contributed by atoms with E-state index in [9.17, 15) is 0 Å². The number of nitrogens with zero attached hydrogens (tertiary/aromatic N) is 1. The molecule has 0 aliphatic heterocycles. The average molecular weight is 189 g/mol. The molecule has 1 aromatic heterocycles. The van der Waals surface area contributed by atoms with Gasteiger partial charge in [0.2, 0.25) is 5.88 Å². The highest BCUT2D eigenvalue weighted by atomic mass is 16.5. The number of methoxy groups -OCH3 is 1. The number of aromatic nitrogens is 1. The fourth-order valence-electron chi connectivity index (χ4n) is 0.780. The molecule has 1 heterocycles. The van der Waals surface area contributed by atoms with Gasteiger partial charge in [-0.15, -0.1) is 0 Å². The molecule has 0 aliphatic carbocycles. The van der Waals surface area contributed by atoms with Crippen molar-refractivity contribution in [1.82, 2.24) is 4.98 Å². The van der Waals surface area contributed by atoms with Crippen molar-refractivity contribution < 1.29 is 25.8 Å². The first-order valence-electron chi connectivity index (χ1n) is 7.31. The highest BCUT2D eigenvalue weighted by Crippen LogP contribution is 2.12. The molecule has 5 heteroatoms. The second-order valence-electron chi connectivity index (χ2n) is 2.22. The molecule has 0 spiro atoms. The van der Waals surface area contributed by atoms with Gasteiger partial charge in [-0.05, 0) is 6.37 Å². The van der Waals surface area contributed by atoms with E-state index in [4.69, 9.17) is 21.0 Å². The Hall–Kier alpha value is -1.07. The topological polar surface area (TPSA) is 62.6 Å². The van der Waals surface area contributed by atoms with Crippen LogP contribution in [0.5, 0.6) is 5.88 Å². The highest BCUT2D eigenvalue weighted by Gasteiger charge is 2.13. The maximum Gasteiger partial charge on any atom is 0.490 e. The van der Waals surface area contributed by atoms with Crippen molar-refractivity contribution >= 4 is 12.6 Å². The Morgan fingerprint density at radius 3 is 3.23 bits per heavy atom. The average Bonchev–Trinajstić information content (AvgIpc) is 2.25. The van der Waals surface area contributed by atoms with Gasteiger partial charge in [-0.25, -0.2) is 4.98 Å². The van der Waals surface area contributed by atoms with Gasteiger partial charge < -0.3 is 14.8 Å². The lowest BCUT2D eigenvalue weighted by Gasteiger charge is -2.06. The molecule has 1 aromatic rings. The van der Waals surface area contributed by atoms with Gasteiger partial charge >= 0.3 is 7.12 Å². The summed E-state index contributed by atoms with van der Waals surface area (Å²) >= 11 is 0. The van der Waals surface area contributed by atoms with Crippen LogP contribution in [0.1, 0.15) is 23.4 Å². The van der Waals surface area contributed by atoms with E-state index in [0.717, 1.165) is 12.3 Å². The molecule has 70 valence electrons. The first kappa shape index (κ1) is 3.59. The van der Waals surface area contributed by atoms with Crippen LogP contribution < -0.4 is 10.2 Å². The Labute approximate surface area is 88.6 Å². The van der Waals surface area contributed by atoms with Crippen LogP contribution in [0.2, 0.25) is 0 Å². The van der Waals surface area contributed by atoms with E-state index < -0.39 is 38.8 Å². The van der Waals surface area contributed by atoms with Crippen molar-refractivity contribution in [3.05, 3.63) is 17.8 Å². The molecule has 13 heavy (non-hydrogen) atoms. The van der Waals surface area contributed by atoms with E-state index in [1.807, 2.05) is 0 Å². The van der Waals surface area contributed by atoms with Crippen molar-refractivity contribution in [2.24, 2.45) is 0 Å². The normalized spacial score (nSPS) is 22.0. The lowest BCUT2D eigenvalue weighted by Crippen LogP contribution is -2.30. The van der Waals surface area contributed by atoms with Crippen molar-refractivity contribution in [2.45, 2.75) is 13.2 Å². The molecule has 0 unspecified atom stereocenters. The quantitative estimate of drug-likeness (QED) is 0.619. The maximum absolute atomic E-state index is 9.04. The number of ether oxygens (including phenoxy) is 1. The van der Waals surface area contributed by atoms with E-state index in [1.165, 1.54) is 0 Å². The zero-order chi connectivity index (χ0) is 16.6. The smallest absolute Gasteiger partial charge is 0.481 e. The predicted molar refractivity (Wildman–Crippen MR) is 50.0 cm³/mol. The minimum absolute atomic E-state index is 0.295. The third-order valence-corrected chi connectivity index (χ3v) is 1.40. The molecule has 2 N–H and O–H groups in total. The molecule has 0 fully saturated rings. The van der Waals surface area contributed by atoms with E-state index in [0.29, 0.717) is 0 Å². The summed E-state index contributed by atoms with van der Waals surface area (Å²) < 4.78 is 62.3.